The first kappa shape index (κ1) is 14.3. The Morgan fingerprint density at radius 3 is 2.47 bits per heavy atom. The highest BCUT2D eigenvalue weighted by Gasteiger charge is 2.20. The van der Waals surface area contributed by atoms with Crippen LogP contribution < -0.4 is 5.32 Å². The Hall–Kier alpha value is -1.07. The minimum absolute atomic E-state index is 0.0155. The summed E-state index contributed by atoms with van der Waals surface area (Å²) in [4.78, 5) is 16.0. The van der Waals surface area contributed by atoms with Gasteiger partial charge in [-0.25, -0.2) is 4.79 Å². The van der Waals surface area contributed by atoms with Gasteiger partial charge in [0, 0.05) is 38.9 Å². The number of nitrogens with one attached hydrogen (secondary N) is 1. The summed E-state index contributed by atoms with van der Waals surface area (Å²) in [6.45, 7) is 4.09. The Bertz CT molecular complexity index is 315. The number of aliphatic hydroxyl groups is 1. The molecule has 2 aliphatic rings. The van der Waals surface area contributed by atoms with Gasteiger partial charge in [0.25, 0.3) is 0 Å². The van der Waals surface area contributed by atoms with Gasteiger partial charge in [0.05, 0.1) is 6.61 Å². The van der Waals surface area contributed by atoms with E-state index in [4.69, 9.17) is 5.11 Å². The number of aliphatic hydroxyl groups excluding tert-OH is 1. The summed E-state index contributed by atoms with van der Waals surface area (Å²) in [7, 11) is 0. The average Bonchev–Trinajstić information content (AvgIpc) is 2.47. The van der Waals surface area contributed by atoms with Gasteiger partial charge >= 0.3 is 6.03 Å². The van der Waals surface area contributed by atoms with Gasteiger partial charge in [0.15, 0.2) is 0 Å². The summed E-state index contributed by atoms with van der Waals surface area (Å²) < 4.78 is 0. The van der Waals surface area contributed by atoms with E-state index in [9.17, 15) is 4.79 Å². The van der Waals surface area contributed by atoms with E-state index >= 15 is 0 Å². The van der Waals surface area contributed by atoms with Crippen molar-refractivity contribution in [3.05, 3.63) is 11.8 Å². The van der Waals surface area contributed by atoms with Crippen LogP contribution >= 0.6 is 0 Å². The molecule has 1 aliphatic carbocycles. The normalized spacial score (nSPS) is 21.3. The van der Waals surface area contributed by atoms with Gasteiger partial charge in [-0.1, -0.05) is 12.0 Å². The Balaban J connectivity index is 1.72. The van der Waals surface area contributed by atoms with Crippen molar-refractivity contribution in [2.45, 2.75) is 32.1 Å². The van der Waals surface area contributed by atoms with E-state index in [2.05, 4.69) is 10.2 Å². The van der Waals surface area contributed by atoms with E-state index in [1.807, 2.05) is 11.1 Å². The summed E-state index contributed by atoms with van der Waals surface area (Å²) in [6.07, 6.45) is 8.00. The fraction of sp³-hybridized carbons (Fsp3) is 0.786. The summed E-state index contributed by atoms with van der Waals surface area (Å²) in [5.41, 5.74) is 1.37. The first-order valence-electron chi connectivity index (χ1n) is 7.36. The van der Waals surface area contributed by atoms with Crippen molar-refractivity contribution in [1.29, 1.82) is 0 Å². The molecule has 5 heteroatoms. The molecule has 0 aromatic heterocycles. The van der Waals surface area contributed by atoms with Crippen LogP contribution in [0.5, 0.6) is 0 Å². The monoisotopic (exact) mass is 267 g/mol. The van der Waals surface area contributed by atoms with Gasteiger partial charge in [-0.05, 0) is 25.7 Å². The zero-order chi connectivity index (χ0) is 13.5. The predicted octanol–water partition coefficient (Wildman–Crippen LogP) is 1.15. The fourth-order valence-electron chi connectivity index (χ4n) is 2.72. The molecule has 2 amide bonds. The molecular weight excluding hydrogens is 242 g/mol. The van der Waals surface area contributed by atoms with E-state index in [-0.39, 0.29) is 12.6 Å². The van der Waals surface area contributed by atoms with E-state index in [1.54, 1.807) is 0 Å². The maximum atomic E-state index is 12.0. The molecule has 1 saturated heterocycles. The lowest BCUT2D eigenvalue weighted by molar-refractivity contribution is 0.123. The highest BCUT2D eigenvalue weighted by Crippen LogP contribution is 2.21. The Kier molecular flexibility index (Phi) is 5.66. The van der Waals surface area contributed by atoms with Gasteiger partial charge in [0.1, 0.15) is 0 Å². The highest BCUT2D eigenvalue weighted by molar-refractivity contribution is 5.75. The molecule has 0 atom stereocenters. The third-order valence-electron chi connectivity index (χ3n) is 3.97. The van der Waals surface area contributed by atoms with Crippen LogP contribution in [0.25, 0.3) is 0 Å². The molecule has 108 valence electrons. The van der Waals surface area contributed by atoms with Gasteiger partial charge < -0.3 is 15.3 Å². The zero-order valence-corrected chi connectivity index (χ0v) is 11.6. The van der Waals surface area contributed by atoms with E-state index in [1.165, 1.54) is 24.8 Å². The third kappa shape index (κ3) is 4.51. The van der Waals surface area contributed by atoms with Crippen molar-refractivity contribution in [3.63, 3.8) is 0 Å². The molecule has 0 radical (unpaired) electrons. The second-order valence-corrected chi connectivity index (χ2v) is 5.37. The largest absolute Gasteiger partial charge is 0.395 e. The molecule has 0 unspecified atom stereocenters. The van der Waals surface area contributed by atoms with E-state index in [0.717, 1.165) is 39.0 Å². The minimum atomic E-state index is 0.0155. The van der Waals surface area contributed by atoms with Crippen molar-refractivity contribution in [1.82, 2.24) is 15.1 Å². The maximum absolute atomic E-state index is 12.0. The van der Waals surface area contributed by atoms with Crippen LogP contribution in [0.4, 0.5) is 4.79 Å². The van der Waals surface area contributed by atoms with Crippen molar-refractivity contribution in [2.24, 2.45) is 0 Å². The lowest BCUT2D eigenvalue weighted by Crippen LogP contribution is -2.51. The van der Waals surface area contributed by atoms with Crippen molar-refractivity contribution < 1.29 is 9.90 Å². The number of piperazine rings is 1. The second-order valence-electron chi connectivity index (χ2n) is 5.37. The summed E-state index contributed by atoms with van der Waals surface area (Å²) in [6, 6.07) is 0.0155. The van der Waals surface area contributed by atoms with Crippen LogP contribution in [0, 0.1) is 0 Å². The van der Waals surface area contributed by atoms with Crippen LogP contribution in [-0.2, 0) is 0 Å². The van der Waals surface area contributed by atoms with Crippen LogP contribution in [-0.4, -0.2) is 60.3 Å². The Labute approximate surface area is 115 Å². The van der Waals surface area contributed by atoms with Gasteiger partial charge in [-0.3, -0.25) is 4.90 Å². The summed E-state index contributed by atoms with van der Waals surface area (Å²) >= 11 is 0. The minimum Gasteiger partial charge on any atom is -0.395 e. The van der Waals surface area contributed by atoms with Crippen LogP contribution in [0.2, 0.25) is 0 Å². The molecule has 2 rings (SSSR count). The molecule has 1 saturated carbocycles. The molecule has 1 aliphatic heterocycles. The molecule has 2 fully saturated rings. The lowest BCUT2D eigenvalue weighted by atomic mass is 9.96. The topological polar surface area (TPSA) is 55.8 Å². The number of allylic oxidation sites excluding steroid dienone is 1. The maximum Gasteiger partial charge on any atom is 0.321 e. The number of carbonyl (C=O) groups is 1. The Morgan fingerprint density at radius 2 is 1.84 bits per heavy atom. The third-order valence-corrected chi connectivity index (χ3v) is 3.97. The zero-order valence-electron chi connectivity index (χ0n) is 11.6. The molecule has 0 aromatic rings. The average molecular weight is 267 g/mol. The molecule has 5 nitrogen and oxygen atoms in total. The first-order chi connectivity index (χ1) is 9.29. The standard InChI is InChI=1S/C14H25N3O2/c18-11-10-16-6-8-17(9-7-16)14(19)15-12-13-4-2-1-3-5-13/h12,18H,1-11H2,(H,15,19). The van der Waals surface area contributed by atoms with Gasteiger partial charge in [0.2, 0.25) is 0 Å². The number of hydrogen-bond donors (Lipinski definition) is 2. The lowest BCUT2D eigenvalue weighted by Gasteiger charge is -2.34. The molecule has 0 bridgehead atoms. The number of nitrogens with zero attached hydrogens (tertiary/aromatic N) is 2. The number of carbonyl (C=O) groups excluding carboxylic acids is 1. The van der Waals surface area contributed by atoms with Crippen LogP contribution in [0.15, 0.2) is 11.8 Å². The predicted molar refractivity (Wildman–Crippen MR) is 74.8 cm³/mol. The number of amides is 2. The quantitative estimate of drug-likeness (QED) is 0.806. The highest BCUT2D eigenvalue weighted by atomic mass is 16.3. The molecule has 0 spiro atoms. The SMILES string of the molecule is O=C(NC=C1CCCCC1)N1CCN(CCO)CC1. The molecule has 0 aromatic carbocycles. The Morgan fingerprint density at radius 1 is 1.16 bits per heavy atom. The smallest absolute Gasteiger partial charge is 0.321 e. The van der Waals surface area contributed by atoms with Crippen molar-refractivity contribution in [3.8, 4) is 0 Å². The van der Waals surface area contributed by atoms with E-state index in [0.29, 0.717) is 6.54 Å². The fourth-order valence-corrected chi connectivity index (χ4v) is 2.72. The van der Waals surface area contributed by atoms with Crippen molar-refractivity contribution >= 4 is 6.03 Å². The first-order valence-corrected chi connectivity index (χ1v) is 7.36. The molecule has 1 heterocycles. The van der Waals surface area contributed by atoms with Crippen molar-refractivity contribution in [2.75, 3.05) is 39.3 Å². The summed E-state index contributed by atoms with van der Waals surface area (Å²) in [5, 5.41) is 11.8. The second kappa shape index (κ2) is 7.50. The summed E-state index contributed by atoms with van der Waals surface area (Å²) in [5.74, 6) is 0. The van der Waals surface area contributed by atoms with Gasteiger partial charge in [-0.2, -0.15) is 0 Å². The van der Waals surface area contributed by atoms with Gasteiger partial charge in [-0.15, -0.1) is 0 Å². The number of hydrogen-bond acceptors (Lipinski definition) is 3. The van der Waals surface area contributed by atoms with Crippen LogP contribution in [0.3, 0.4) is 0 Å². The number of β-amino-alcohol motifs (C(OH)–C–C–N with tert-alkyl or cyclic N) is 1. The van der Waals surface area contributed by atoms with Crippen LogP contribution in [0.1, 0.15) is 32.1 Å². The number of rotatable bonds is 3. The molecular formula is C14H25N3O2. The molecule has 2 N–H and O–H groups in total. The molecule has 19 heavy (non-hydrogen) atoms. The van der Waals surface area contributed by atoms with E-state index < -0.39 is 0 Å². The number of urea groups is 1.